The number of alkyl halides is 1. The topological polar surface area (TPSA) is 9.23 Å². The maximum atomic E-state index is 14.0. The van der Waals surface area contributed by atoms with E-state index in [2.05, 4.69) is 35.8 Å². The van der Waals surface area contributed by atoms with Gasteiger partial charge in [-0.2, -0.15) is 0 Å². The lowest BCUT2D eigenvalue weighted by molar-refractivity contribution is 0.138. The van der Waals surface area contributed by atoms with Crippen molar-refractivity contribution >= 4 is 27.5 Å². The molecule has 0 aliphatic carbocycles. The Balaban J connectivity index is 1.97. The largest absolute Gasteiger partial charge is 0.487 e. The van der Waals surface area contributed by atoms with Gasteiger partial charge in [-0.1, -0.05) is 39.7 Å². The smallest absolute Gasteiger partial charge is 0.127 e. The van der Waals surface area contributed by atoms with E-state index in [0.717, 1.165) is 23.3 Å². The zero-order valence-electron chi connectivity index (χ0n) is 11.8. The number of hydrogen-bond acceptors (Lipinski definition) is 1. The van der Waals surface area contributed by atoms with Crippen molar-refractivity contribution in [2.24, 2.45) is 0 Å². The summed E-state index contributed by atoms with van der Waals surface area (Å²) in [6, 6.07) is 10.6. The Labute approximate surface area is 137 Å². The highest BCUT2D eigenvalue weighted by Gasteiger charge is 2.30. The predicted molar refractivity (Wildman–Crippen MR) is 87.0 cm³/mol. The molecule has 1 aliphatic rings. The van der Waals surface area contributed by atoms with E-state index in [0.29, 0.717) is 10.6 Å². The van der Waals surface area contributed by atoms with E-state index in [1.807, 2.05) is 12.1 Å². The van der Waals surface area contributed by atoms with Crippen LogP contribution in [0.4, 0.5) is 4.39 Å². The third-order valence-electron chi connectivity index (χ3n) is 3.61. The van der Waals surface area contributed by atoms with Crippen LogP contribution < -0.4 is 4.74 Å². The molecule has 110 valence electrons. The molecule has 1 heterocycles. The van der Waals surface area contributed by atoms with Crippen LogP contribution >= 0.6 is 27.5 Å². The minimum absolute atomic E-state index is 0.177. The van der Waals surface area contributed by atoms with Crippen molar-refractivity contribution in [3.8, 4) is 5.75 Å². The van der Waals surface area contributed by atoms with Crippen LogP contribution in [-0.2, 0) is 6.42 Å². The van der Waals surface area contributed by atoms with E-state index in [4.69, 9.17) is 16.3 Å². The fourth-order valence-corrected chi connectivity index (χ4v) is 3.49. The van der Waals surface area contributed by atoms with Gasteiger partial charge in [0.15, 0.2) is 0 Å². The Morgan fingerprint density at radius 1 is 1.24 bits per heavy atom. The number of ether oxygens (including phenoxy) is 1. The highest BCUT2D eigenvalue weighted by molar-refractivity contribution is 9.09. The minimum atomic E-state index is -0.265. The van der Waals surface area contributed by atoms with Gasteiger partial charge in [0.05, 0.1) is 4.83 Å². The molecule has 1 aliphatic heterocycles. The van der Waals surface area contributed by atoms with Gasteiger partial charge >= 0.3 is 0 Å². The summed E-state index contributed by atoms with van der Waals surface area (Å²) in [6.45, 7) is 4.13. The summed E-state index contributed by atoms with van der Waals surface area (Å²) in [5.74, 6) is 0.647. The van der Waals surface area contributed by atoms with Crippen molar-refractivity contribution in [3.05, 3.63) is 63.9 Å². The molecule has 21 heavy (non-hydrogen) atoms. The molecular formula is C17H15BrClFO. The van der Waals surface area contributed by atoms with Crippen LogP contribution in [0.15, 0.2) is 36.4 Å². The quantitative estimate of drug-likeness (QED) is 0.619. The lowest BCUT2D eigenvalue weighted by atomic mass is 9.97. The van der Waals surface area contributed by atoms with E-state index in [1.54, 1.807) is 12.1 Å². The molecule has 0 radical (unpaired) electrons. The normalized spacial score (nSPS) is 17.2. The van der Waals surface area contributed by atoms with Crippen LogP contribution in [0.25, 0.3) is 0 Å². The second kappa shape index (κ2) is 5.29. The fraction of sp³-hybridized carbons (Fsp3) is 0.294. The Morgan fingerprint density at radius 2 is 2.00 bits per heavy atom. The van der Waals surface area contributed by atoms with Gasteiger partial charge in [0.2, 0.25) is 0 Å². The molecule has 0 amide bonds. The number of halogens is 3. The molecule has 0 fully saturated rings. The molecule has 4 heteroatoms. The van der Waals surface area contributed by atoms with Gasteiger partial charge in [-0.25, -0.2) is 4.39 Å². The Bertz CT molecular complexity index is 699. The molecule has 3 rings (SSSR count). The third kappa shape index (κ3) is 2.95. The van der Waals surface area contributed by atoms with Crippen LogP contribution in [0.2, 0.25) is 5.02 Å². The lowest BCUT2D eigenvalue weighted by Crippen LogP contribution is -2.24. The maximum Gasteiger partial charge on any atom is 0.127 e. The summed E-state index contributed by atoms with van der Waals surface area (Å²) >= 11 is 9.55. The molecule has 0 spiro atoms. The molecule has 2 aromatic rings. The summed E-state index contributed by atoms with van der Waals surface area (Å²) in [4.78, 5) is -0.231. The Hall–Kier alpha value is -1.06. The van der Waals surface area contributed by atoms with Gasteiger partial charge in [-0.05, 0) is 49.2 Å². The Morgan fingerprint density at radius 3 is 2.76 bits per heavy atom. The Kier molecular flexibility index (Phi) is 3.74. The summed E-state index contributed by atoms with van der Waals surface area (Å²) in [7, 11) is 0. The van der Waals surface area contributed by atoms with Gasteiger partial charge < -0.3 is 4.74 Å². The van der Waals surface area contributed by atoms with Crippen molar-refractivity contribution in [2.45, 2.75) is 30.7 Å². The molecule has 0 saturated heterocycles. The first kappa shape index (κ1) is 14.9. The van der Waals surface area contributed by atoms with Gasteiger partial charge in [0.25, 0.3) is 0 Å². The summed E-state index contributed by atoms with van der Waals surface area (Å²) in [5, 5.41) is 0.529. The van der Waals surface area contributed by atoms with Crippen molar-refractivity contribution in [3.63, 3.8) is 0 Å². The number of fused-ring (bicyclic) bond motifs is 1. The van der Waals surface area contributed by atoms with Crippen LogP contribution in [0, 0.1) is 5.82 Å². The molecular weight excluding hydrogens is 355 g/mol. The van der Waals surface area contributed by atoms with Gasteiger partial charge in [-0.15, -0.1) is 0 Å². The zero-order chi connectivity index (χ0) is 15.2. The van der Waals surface area contributed by atoms with Crippen molar-refractivity contribution in [1.82, 2.24) is 0 Å². The van der Waals surface area contributed by atoms with Crippen LogP contribution in [0.5, 0.6) is 5.75 Å². The average Bonchev–Trinajstić information content (AvgIpc) is 2.73. The van der Waals surface area contributed by atoms with E-state index >= 15 is 0 Å². The van der Waals surface area contributed by atoms with Gasteiger partial charge in [0.1, 0.15) is 17.2 Å². The molecule has 0 aromatic heterocycles. The van der Waals surface area contributed by atoms with Crippen molar-refractivity contribution in [2.75, 3.05) is 0 Å². The number of hydrogen-bond donors (Lipinski definition) is 0. The highest BCUT2D eigenvalue weighted by atomic mass is 79.9. The van der Waals surface area contributed by atoms with E-state index < -0.39 is 0 Å². The molecule has 2 aromatic carbocycles. The first-order valence-electron chi connectivity index (χ1n) is 6.76. The van der Waals surface area contributed by atoms with E-state index in [-0.39, 0.29) is 16.2 Å². The second-order valence-electron chi connectivity index (χ2n) is 5.93. The predicted octanol–water partition coefficient (Wildman–Crippen LogP) is 5.68. The molecule has 1 nitrogen and oxygen atoms in total. The van der Waals surface area contributed by atoms with Gasteiger partial charge in [0, 0.05) is 17.0 Å². The van der Waals surface area contributed by atoms with Crippen LogP contribution in [0.3, 0.4) is 0 Å². The molecule has 0 N–H and O–H groups in total. The second-order valence-corrected chi connectivity index (χ2v) is 7.29. The van der Waals surface area contributed by atoms with Crippen LogP contribution in [0.1, 0.15) is 35.4 Å². The number of rotatable bonds is 2. The third-order valence-corrected chi connectivity index (χ3v) is 4.87. The fourth-order valence-electron chi connectivity index (χ4n) is 2.68. The molecule has 1 atom stereocenters. The number of benzene rings is 2. The summed E-state index contributed by atoms with van der Waals surface area (Å²) < 4.78 is 19.9. The summed E-state index contributed by atoms with van der Waals surface area (Å²) in [6.07, 6.45) is 0.855. The summed E-state index contributed by atoms with van der Waals surface area (Å²) in [5.41, 5.74) is 2.52. The van der Waals surface area contributed by atoms with E-state index in [1.165, 1.54) is 6.07 Å². The highest BCUT2D eigenvalue weighted by Crippen LogP contribution is 2.40. The van der Waals surface area contributed by atoms with Gasteiger partial charge in [-0.3, -0.25) is 0 Å². The maximum absolute atomic E-state index is 14.0. The average molecular weight is 370 g/mol. The molecule has 1 unspecified atom stereocenters. The lowest BCUT2D eigenvalue weighted by Gasteiger charge is -2.16. The molecule has 0 saturated carbocycles. The van der Waals surface area contributed by atoms with Crippen molar-refractivity contribution < 1.29 is 9.13 Å². The standard InChI is InChI=1S/C17H15BrClFO/c1-17(2)9-11-7-10(3-6-15(11)21-17)16(18)13-8-12(19)4-5-14(13)20/h3-8,16H,9H2,1-2H3. The molecule has 0 bridgehead atoms. The van der Waals surface area contributed by atoms with E-state index in [9.17, 15) is 4.39 Å². The SMILES string of the molecule is CC1(C)Cc2cc(C(Br)c3cc(Cl)ccc3F)ccc2O1. The van der Waals surface area contributed by atoms with Crippen LogP contribution in [-0.4, -0.2) is 5.60 Å². The first-order chi connectivity index (χ1) is 9.85. The zero-order valence-corrected chi connectivity index (χ0v) is 14.1. The first-order valence-corrected chi connectivity index (χ1v) is 8.06. The minimum Gasteiger partial charge on any atom is -0.487 e. The monoisotopic (exact) mass is 368 g/mol. The van der Waals surface area contributed by atoms with Crippen molar-refractivity contribution in [1.29, 1.82) is 0 Å².